The lowest BCUT2D eigenvalue weighted by Crippen LogP contribution is -2.19. The van der Waals surface area contributed by atoms with Gasteiger partial charge in [-0.15, -0.1) is 0 Å². The van der Waals surface area contributed by atoms with E-state index in [0.29, 0.717) is 5.75 Å². The van der Waals surface area contributed by atoms with E-state index in [1.807, 2.05) is 0 Å². The lowest BCUT2D eigenvalue weighted by atomic mass is 10.0. The highest BCUT2D eigenvalue weighted by Gasteiger charge is 2.19. The summed E-state index contributed by atoms with van der Waals surface area (Å²) in [7, 11) is 0. The third-order valence-corrected chi connectivity index (χ3v) is 3.35. The molecule has 18 heavy (non-hydrogen) atoms. The van der Waals surface area contributed by atoms with E-state index in [1.54, 1.807) is 0 Å². The van der Waals surface area contributed by atoms with Crippen molar-refractivity contribution >= 4 is 28.5 Å². The highest BCUT2D eigenvalue weighted by Crippen LogP contribution is 2.23. The number of halogens is 2. The second-order valence-corrected chi connectivity index (χ2v) is 5.36. The molecule has 0 radical (unpaired) electrons. The molecule has 0 bridgehead atoms. The van der Waals surface area contributed by atoms with Crippen LogP contribution in [0.3, 0.4) is 0 Å². The monoisotopic (exact) mass is 293 g/mol. The molecule has 0 aliphatic carbocycles. The smallest absolute Gasteiger partial charge is 0.231 e. The van der Waals surface area contributed by atoms with Crippen molar-refractivity contribution in [2.24, 2.45) is 0 Å². The molecule has 2 N–H and O–H groups in total. The molecule has 4 nitrogen and oxygen atoms in total. The summed E-state index contributed by atoms with van der Waals surface area (Å²) in [5, 5.41) is 19.2. The minimum Gasteiger partial charge on any atom is -0.390 e. The summed E-state index contributed by atoms with van der Waals surface area (Å²) in [5.41, 5.74) is 0.238. The van der Waals surface area contributed by atoms with Crippen molar-refractivity contribution in [3.05, 3.63) is 28.8 Å². The molecular weight excluding hydrogens is 281 g/mol. The topological polar surface area (TPSA) is 70.4 Å². The van der Waals surface area contributed by atoms with E-state index < -0.39 is 18.2 Å². The number of carbonyl (C=O) groups excluding carboxylic acids is 1. The second kappa shape index (κ2) is 7.04. The summed E-state index contributed by atoms with van der Waals surface area (Å²) in [6.07, 6.45) is -0.906. The highest BCUT2D eigenvalue weighted by molar-refractivity contribution is 8.13. The predicted octanol–water partition coefficient (Wildman–Crippen LogP) is 1.94. The molecule has 1 aromatic rings. The van der Waals surface area contributed by atoms with Crippen molar-refractivity contribution in [3.63, 3.8) is 0 Å². The Morgan fingerprint density at radius 2 is 2.28 bits per heavy atom. The first-order valence-electron chi connectivity index (χ1n) is 5.22. The van der Waals surface area contributed by atoms with E-state index in [2.05, 4.69) is 4.98 Å². The zero-order valence-electron chi connectivity index (χ0n) is 9.64. The maximum atomic E-state index is 12.8. The molecule has 0 aromatic carbocycles. The molecule has 0 aliphatic heterocycles. The quantitative estimate of drug-likeness (QED) is 0.812. The summed E-state index contributed by atoms with van der Waals surface area (Å²) in [5.74, 6) is -0.426. The molecule has 1 heterocycles. The first kappa shape index (κ1) is 15.4. The number of aliphatic hydroxyl groups is 2. The van der Waals surface area contributed by atoms with Crippen LogP contribution in [0.25, 0.3) is 0 Å². The third-order valence-electron chi connectivity index (χ3n) is 2.24. The molecule has 0 fully saturated rings. The lowest BCUT2D eigenvalue weighted by molar-refractivity contribution is -0.109. The van der Waals surface area contributed by atoms with Gasteiger partial charge in [0.15, 0.2) is 5.12 Å². The Labute approximate surface area is 113 Å². The first-order chi connectivity index (χ1) is 8.41. The minimum absolute atomic E-state index is 0.0526. The minimum atomic E-state index is -1.21. The molecule has 2 atom stereocenters. The van der Waals surface area contributed by atoms with E-state index in [0.717, 1.165) is 18.0 Å². The van der Waals surface area contributed by atoms with Crippen LogP contribution < -0.4 is 0 Å². The van der Waals surface area contributed by atoms with Gasteiger partial charge in [-0.3, -0.25) is 4.79 Å². The van der Waals surface area contributed by atoms with E-state index in [4.69, 9.17) is 11.6 Å². The molecule has 2 unspecified atom stereocenters. The number of carbonyl (C=O) groups is 1. The van der Waals surface area contributed by atoms with Crippen LogP contribution in [0, 0.1) is 5.95 Å². The van der Waals surface area contributed by atoms with Gasteiger partial charge in [-0.25, -0.2) is 4.98 Å². The average Bonchev–Trinajstić information content (AvgIpc) is 2.31. The highest BCUT2D eigenvalue weighted by atomic mass is 35.5. The van der Waals surface area contributed by atoms with Crippen LogP contribution in [-0.2, 0) is 4.79 Å². The van der Waals surface area contributed by atoms with Gasteiger partial charge in [-0.2, -0.15) is 4.39 Å². The predicted molar refractivity (Wildman–Crippen MR) is 67.9 cm³/mol. The van der Waals surface area contributed by atoms with Crippen molar-refractivity contribution < 1.29 is 19.4 Å². The summed E-state index contributed by atoms with van der Waals surface area (Å²) in [6.45, 7) is 1.43. The van der Waals surface area contributed by atoms with Gasteiger partial charge >= 0.3 is 0 Å². The fourth-order valence-corrected chi connectivity index (χ4v) is 2.12. The number of hydrogen-bond acceptors (Lipinski definition) is 5. The normalized spacial score (nSPS) is 14.3. The Morgan fingerprint density at radius 1 is 1.61 bits per heavy atom. The van der Waals surface area contributed by atoms with Gasteiger partial charge in [0, 0.05) is 24.4 Å². The number of aliphatic hydroxyl groups excluding tert-OH is 2. The Morgan fingerprint density at radius 3 is 2.83 bits per heavy atom. The molecule has 7 heteroatoms. The van der Waals surface area contributed by atoms with E-state index in [9.17, 15) is 19.4 Å². The fraction of sp³-hybridized carbons (Fsp3) is 0.455. The maximum absolute atomic E-state index is 12.8. The van der Waals surface area contributed by atoms with Crippen LogP contribution in [0.5, 0.6) is 0 Å². The molecule has 0 saturated heterocycles. The Hall–Kier alpha value is -0.690. The van der Waals surface area contributed by atoms with Crippen molar-refractivity contribution in [3.8, 4) is 0 Å². The zero-order valence-corrected chi connectivity index (χ0v) is 11.2. The SMILES string of the molecule is CC(=O)SCCC(O)C(O)c1cnc(F)c(Cl)c1. The van der Waals surface area contributed by atoms with Crippen LogP contribution in [0.15, 0.2) is 12.3 Å². The molecule has 0 aliphatic rings. The first-order valence-corrected chi connectivity index (χ1v) is 6.58. The van der Waals surface area contributed by atoms with Gasteiger partial charge in [0.25, 0.3) is 0 Å². The number of thioether (sulfide) groups is 1. The van der Waals surface area contributed by atoms with Gasteiger partial charge < -0.3 is 10.2 Å². The molecule has 1 aromatic heterocycles. The zero-order chi connectivity index (χ0) is 13.7. The fourth-order valence-electron chi connectivity index (χ4n) is 1.30. The van der Waals surface area contributed by atoms with Crippen molar-refractivity contribution in [2.45, 2.75) is 25.6 Å². The second-order valence-electron chi connectivity index (χ2n) is 3.68. The van der Waals surface area contributed by atoms with Crippen molar-refractivity contribution in [1.82, 2.24) is 4.98 Å². The number of rotatable bonds is 5. The van der Waals surface area contributed by atoms with E-state index in [1.165, 1.54) is 13.0 Å². The average molecular weight is 294 g/mol. The third kappa shape index (κ3) is 4.53. The van der Waals surface area contributed by atoms with Crippen molar-refractivity contribution in [2.75, 3.05) is 5.75 Å². The number of aromatic nitrogens is 1. The van der Waals surface area contributed by atoms with Gasteiger partial charge in [-0.1, -0.05) is 23.4 Å². The van der Waals surface area contributed by atoms with Gasteiger partial charge in [0.1, 0.15) is 6.10 Å². The van der Waals surface area contributed by atoms with Crippen LogP contribution in [0.4, 0.5) is 4.39 Å². The molecule has 0 saturated carbocycles. The molecule has 100 valence electrons. The molecular formula is C11H13ClFNO3S. The van der Waals surface area contributed by atoms with Crippen LogP contribution in [0.1, 0.15) is 25.0 Å². The molecule has 0 spiro atoms. The summed E-state index contributed by atoms with van der Waals surface area (Å²) in [4.78, 5) is 14.1. The summed E-state index contributed by atoms with van der Waals surface area (Å²) in [6, 6.07) is 1.22. The van der Waals surface area contributed by atoms with Crippen molar-refractivity contribution in [1.29, 1.82) is 0 Å². The number of nitrogens with zero attached hydrogens (tertiary/aromatic N) is 1. The number of hydrogen-bond donors (Lipinski definition) is 2. The van der Waals surface area contributed by atoms with Crippen LogP contribution in [-0.4, -0.2) is 32.2 Å². The standard InChI is InChI=1S/C11H13ClFNO3S/c1-6(15)18-3-2-9(16)10(17)7-4-8(12)11(13)14-5-7/h4-5,9-10,16-17H,2-3H2,1H3. The van der Waals surface area contributed by atoms with Gasteiger partial charge in [0.2, 0.25) is 5.95 Å². The van der Waals surface area contributed by atoms with E-state index in [-0.39, 0.29) is 22.1 Å². The van der Waals surface area contributed by atoms with E-state index >= 15 is 0 Å². The van der Waals surface area contributed by atoms with Gasteiger partial charge in [-0.05, 0) is 12.5 Å². The summed E-state index contributed by atoms with van der Waals surface area (Å²) >= 11 is 6.60. The Balaban J connectivity index is 2.59. The molecule has 0 amide bonds. The largest absolute Gasteiger partial charge is 0.390 e. The van der Waals surface area contributed by atoms with Crippen LogP contribution in [0.2, 0.25) is 5.02 Å². The Bertz CT molecular complexity index is 433. The lowest BCUT2D eigenvalue weighted by Gasteiger charge is -2.17. The maximum Gasteiger partial charge on any atom is 0.231 e. The van der Waals surface area contributed by atoms with Gasteiger partial charge in [0.05, 0.1) is 11.1 Å². The summed E-state index contributed by atoms with van der Waals surface area (Å²) < 4.78 is 12.8. The Kier molecular flexibility index (Phi) is 6.01. The molecule has 1 rings (SSSR count). The number of pyridine rings is 1. The van der Waals surface area contributed by atoms with Crippen LogP contribution >= 0.6 is 23.4 Å².